The summed E-state index contributed by atoms with van der Waals surface area (Å²) >= 11 is 0. The van der Waals surface area contributed by atoms with Crippen LogP contribution in [0.4, 0.5) is 0 Å². The SMILES string of the molecule is CCCCC1CCCC(C(=O)O)C1C(=O)O.[LiH].[LiH]. The van der Waals surface area contributed by atoms with Gasteiger partial charge in [0, 0.05) is 0 Å². The second kappa shape index (κ2) is 9.99. The molecule has 0 saturated heterocycles. The van der Waals surface area contributed by atoms with Crippen molar-refractivity contribution in [2.45, 2.75) is 45.4 Å². The Kier molecular flexibility index (Phi) is 11.3. The zero-order chi connectivity index (χ0) is 12.1. The molecule has 1 saturated carbocycles. The summed E-state index contributed by atoms with van der Waals surface area (Å²) in [6.45, 7) is 2.06. The van der Waals surface area contributed by atoms with Gasteiger partial charge in [-0.15, -0.1) is 0 Å². The van der Waals surface area contributed by atoms with Crippen LogP contribution in [-0.4, -0.2) is 59.9 Å². The fourth-order valence-electron chi connectivity index (χ4n) is 2.73. The third-order valence-electron chi connectivity index (χ3n) is 3.56. The summed E-state index contributed by atoms with van der Waals surface area (Å²) in [5.74, 6) is -3.21. The van der Waals surface area contributed by atoms with Crippen molar-refractivity contribution in [3.05, 3.63) is 0 Å². The summed E-state index contributed by atoms with van der Waals surface area (Å²) in [6.07, 6.45) is 5.07. The van der Waals surface area contributed by atoms with Crippen LogP contribution in [0.25, 0.3) is 0 Å². The standard InChI is InChI=1S/C12H20O4.2Li.2H/c1-2-3-5-8-6-4-7-9(11(13)14)10(8)12(15)16;;;;/h8-10H,2-7H2,1H3,(H,13,14)(H,15,16);;;;. The summed E-state index contributed by atoms with van der Waals surface area (Å²) < 4.78 is 0. The van der Waals surface area contributed by atoms with E-state index in [2.05, 4.69) is 6.92 Å². The van der Waals surface area contributed by atoms with Gasteiger partial charge in [-0.3, -0.25) is 9.59 Å². The van der Waals surface area contributed by atoms with E-state index in [1.54, 1.807) is 0 Å². The van der Waals surface area contributed by atoms with Crippen LogP contribution in [0.1, 0.15) is 45.4 Å². The van der Waals surface area contributed by atoms with Crippen LogP contribution in [0.15, 0.2) is 0 Å². The molecule has 6 heteroatoms. The average molecular weight is 244 g/mol. The number of unbranched alkanes of at least 4 members (excludes halogenated alkanes) is 1. The molecule has 1 rings (SSSR count). The molecule has 0 aromatic rings. The van der Waals surface area contributed by atoms with E-state index < -0.39 is 23.8 Å². The second-order valence-electron chi connectivity index (χ2n) is 4.64. The average Bonchev–Trinajstić information content (AvgIpc) is 2.25. The summed E-state index contributed by atoms with van der Waals surface area (Å²) in [5.41, 5.74) is 0. The molecule has 2 N–H and O–H groups in total. The number of rotatable bonds is 5. The van der Waals surface area contributed by atoms with Crippen molar-refractivity contribution in [2.24, 2.45) is 17.8 Å². The first-order chi connectivity index (χ1) is 7.57. The Balaban J connectivity index is 0. The molecule has 0 aromatic heterocycles. The summed E-state index contributed by atoms with van der Waals surface area (Å²) in [6, 6.07) is 0. The van der Waals surface area contributed by atoms with E-state index in [1.165, 1.54) is 0 Å². The first-order valence-corrected chi connectivity index (χ1v) is 6.03. The van der Waals surface area contributed by atoms with E-state index in [0.29, 0.717) is 6.42 Å². The van der Waals surface area contributed by atoms with Gasteiger partial charge in [0.1, 0.15) is 0 Å². The van der Waals surface area contributed by atoms with Crippen LogP contribution in [0.5, 0.6) is 0 Å². The van der Waals surface area contributed by atoms with E-state index in [9.17, 15) is 9.59 Å². The fourth-order valence-corrected chi connectivity index (χ4v) is 2.73. The first kappa shape index (κ1) is 20.5. The van der Waals surface area contributed by atoms with Crippen LogP contribution in [-0.2, 0) is 9.59 Å². The van der Waals surface area contributed by atoms with Gasteiger partial charge in [0.25, 0.3) is 0 Å². The maximum atomic E-state index is 11.2. The molecular weight excluding hydrogens is 222 g/mol. The molecule has 3 unspecified atom stereocenters. The maximum absolute atomic E-state index is 11.2. The predicted molar refractivity (Wildman–Crippen MR) is 73.4 cm³/mol. The molecule has 1 aliphatic rings. The van der Waals surface area contributed by atoms with Crippen LogP contribution in [0, 0.1) is 17.8 Å². The van der Waals surface area contributed by atoms with Gasteiger partial charge in [-0.2, -0.15) is 0 Å². The number of aliphatic carboxylic acids is 2. The van der Waals surface area contributed by atoms with E-state index in [4.69, 9.17) is 10.2 Å². The van der Waals surface area contributed by atoms with Crippen LogP contribution < -0.4 is 0 Å². The van der Waals surface area contributed by atoms with Crippen molar-refractivity contribution in [1.29, 1.82) is 0 Å². The number of carbonyl (C=O) groups is 2. The van der Waals surface area contributed by atoms with Crippen LogP contribution in [0.2, 0.25) is 0 Å². The van der Waals surface area contributed by atoms with Crippen molar-refractivity contribution in [2.75, 3.05) is 0 Å². The monoisotopic (exact) mass is 244 g/mol. The van der Waals surface area contributed by atoms with Crippen molar-refractivity contribution in [1.82, 2.24) is 0 Å². The van der Waals surface area contributed by atoms with Crippen LogP contribution in [0.3, 0.4) is 0 Å². The molecule has 0 aliphatic heterocycles. The quantitative estimate of drug-likeness (QED) is 0.710. The van der Waals surface area contributed by atoms with Gasteiger partial charge in [-0.05, 0) is 25.2 Å². The van der Waals surface area contributed by atoms with Crippen molar-refractivity contribution >= 4 is 49.7 Å². The zero-order valence-corrected chi connectivity index (χ0v) is 9.69. The van der Waals surface area contributed by atoms with Gasteiger partial charge in [-0.1, -0.05) is 26.2 Å². The molecule has 0 amide bonds. The molecule has 0 heterocycles. The molecule has 0 spiro atoms. The Bertz CT molecular complexity index is 271. The summed E-state index contributed by atoms with van der Waals surface area (Å²) in [4.78, 5) is 22.2. The minimum atomic E-state index is -0.950. The van der Waals surface area contributed by atoms with Crippen molar-refractivity contribution in [3.63, 3.8) is 0 Å². The third-order valence-corrected chi connectivity index (χ3v) is 3.56. The van der Waals surface area contributed by atoms with Gasteiger partial charge >= 0.3 is 49.7 Å². The van der Waals surface area contributed by atoms with Crippen molar-refractivity contribution in [3.8, 4) is 0 Å². The molecule has 1 aliphatic carbocycles. The van der Waals surface area contributed by atoms with Crippen LogP contribution >= 0.6 is 0 Å². The Hall–Kier alpha value is 0.135. The number of hydrogen-bond donors (Lipinski definition) is 2. The Morgan fingerprint density at radius 2 is 1.72 bits per heavy atom. The molecule has 0 radical (unpaired) electrons. The van der Waals surface area contributed by atoms with E-state index in [-0.39, 0.29) is 43.6 Å². The molecule has 4 nitrogen and oxygen atoms in total. The van der Waals surface area contributed by atoms with E-state index in [1.807, 2.05) is 0 Å². The first-order valence-electron chi connectivity index (χ1n) is 6.03. The minimum absolute atomic E-state index is 0. The number of carboxylic acids is 2. The van der Waals surface area contributed by atoms with Gasteiger partial charge in [0.2, 0.25) is 0 Å². The normalized spacial score (nSPS) is 26.6. The molecule has 0 bridgehead atoms. The second-order valence-corrected chi connectivity index (χ2v) is 4.64. The molecule has 96 valence electrons. The topological polar surface area (TPSA) is 74.6 Å². The van der Waals surface area contributed by atoms with E-state index in [0.717, 1.165) is 32.1 Å². The van der Waals surface area contributed by atoms with E-state index >= 15 is 0 Å². The summed E-state index contributed by atoms with van der Waals surface area (Å²) in [5, 5.41) is 18.2. The molecular formula is C12H22Li2O4. The number of hydrogen-bond acceptors (Lipinski definition) is 2. The third kappa shape index (κ3) is 5.41. The van der Waals surface area contributed by atoms with Gasteiger partial charge < -0.3 is 10.2 Å². The fraction of sp³-hybridized carbons (Fsp3) is 0.833. The zero-order valence-electron chi connectivity index (χ0n) is 9.69. The Labute approximate surface area is 132 Å². The molecule has 18 heavy (non-hydrogen) atoms. The predicted octanol–water partition coefficient (Wildman–Crippen LogP) is 1.08. The Morgan fingerprint density at radius 3 is 2.17 bits per heavy atom. The van der Waals surface area contributed by atoms with Gasteiger partial charge in [0.05, 0.1) is 11.8 Å². The molecule has 3 atom stereocenters. The molecule has 0 aromatic carbocycles. The van der Waals surface area contributed by atoms with Gasteiger partial charge in [-0.25, -0.2) is 0 Å². The number of carboxylic acid groups (broad SMARTS) is 2. The van der Waals surface area contributed by atoms with Gasteiger partial charge in [0.15, 0.2) is 0 Å². The Morgan fingerprint density at radius 1 is 1.11 bits per heavy atom. The molecule has 1 fully saturated rings. The van der Waals surface area contributed by atoms with Crippen molar-refractivity contribution < 1.29 is 19.8 Å². The summed E-state index contributed by atoms with van der Waals surface area (Å²) in [7, 11) is 0.